The highest BCUT2D eigenvalue weighted by Crippen LogP contribution is 2.36. The van der Waals surface area contributed by atoms with Crippen LogP contribution in [-0.2, 0) is 9.31 Å². The van der Waals surface area contributed by atoms with E-state index in [-0.39, 0.29) is 5.91 Å². The molecule has 0 aliphatic carbocycles. The van der Waals surface area contributed by atoms with Crippen molar-refractivity contribution in [3.8, 4) is 5.75 Å². The molecule has 7 heteroatoms. The van der Waals surface area contributed by atoms with E-state index < -0.39 is 18.3 Å². The van der Waals surface area contributed by atoms with Gasteiger partial charge in [0.05, 0.1) is 17.8 Å². The van der Waals surface area contributed by atoms with Gasteiger partial charge in [0.1, 0.15) is 11.6 Å². The average Bonchev–Trinajstić information content (AvgIpc) is 2.83. The summed E-state index contributed by atoms with van der Waals surface area (Å²) in [4.78, 5) is 16.6. The fourth-order valence-electron chi connectivity index (χ4n) is 2.70. The predicted octanol–water partition coefficient (Wildman–Crippen LogP) is 3.03. The van der Waals surface area contributed by atoms with Crippen molar-refractivity contribution in [3.63, 3.8) is 0 Å². The van der Waals surface area contributed by atoms with E-state index in [9.17, 15) is 4.79 Å². The van der Waals surface area contributed by atoms with E-state index in [1.54, 1.807) is 30.5 Å². The van der Waals surface area contributed by atoms with Crippen LogP contribution >= 0.6 is 0 Å². The van der Waals surface area contributed by atoms with Gasteiger partial charge in [0, 0.05) is 17.8 Å². The molecule has 2 heterocycles. The van der Waals surface area contributed by atoms with Crippen molar-refractivity contribution in [2.45, 2.75) is 45.8 Å². The lowest BCUT2D eigenvalue weighted by atomic mass is 9.79. The molecule has 0 atom stereocenters. The minimum atomic E-state index is -0.448. The number of aromatic nitrogens is 1. The number of rotatable bonds is 5. The zero-order valence-corrected chi connectivity index (χ0v) is 16.4. The Morgan fingerprint density at radius 1 is 1.11 bits per heavy atom. The van der Waals surface area contributed by atoms with E-state index in [1.807, 2.05) is 46.8 Å². The second-order valence-electron chi connectivity index (χ2n) is 7.47. The highest BCUT2D eigenvalue weighted by molar-refractivity contribution is 6.62. The first kappa shape index (κ1) is 19.4. The topological polar surface area (TPSA) is 69.7 Å². The Morgan fingerprint density at radius 2 is 1.74 bits per heavy atom. The lowest BCUT2D eigenvalue weighted by Crippen LogP contribution is -2.41. The molecule has 1 saturated heterocycles. The molecule has 27 heavy (non-hydrogen) atoms. The van der Waals surface area contributed by atoms with Crippen molar-refractivity contribution in [3.05, 3.63) is 48.2 Å². The Balaban J connectivity index is 1.69. The number of benzene rings is 1. The van der Waals surface area contributed by atoms with Crippen LogP contribution in [0.15, 0.2) is 42.6 Å². The van der Waals surface area contributed by atoms with Crippen molar-refractivity contribution in [2.24, 2.45) is 0 Å². The fourth-order valence-corrected chi connectivity index (χ4v) is 2.70. The van der Waals surface area contributed by atoms with Crippen molar-refractivity contribution >= 4 is 24.3 Å². The van der Waals surface area contributed by atoms with Crippen LogP contribution in [0, 0.1) is 0 Å². The summed E-state index contributed by atoms with van der Waals surface area (Å²) in [5.41, 5.74) is 0.608. The lowest BCUT2D eigenvalue weighted by molar-refractivity contribution is 0.00578. The van der Waals surface area contributed by atoms with Gasteiger partial charge in [-0.3, -0.25) is 4.79 Å². The first-order valence-electron chi connectivity index (χ1n) is 9.07. The maximum atomic E-state index is 12.5. The Bertz CT molecular complexity index is 805. The fraction of sp³-hybridized carbons (Fsp3) is 0.400. The number of nitrogens with zero attached hydrogens (tertiary/aromatic N) is 1. The van der Waals surface area contributed by atoms with Gasteiger partial charge < -0.3 is 19.4 Å². The van der Waals surface area contributed by atoms with Crippen LogP contribution in [0.3, 0.4) is 0 Å². The van der Waals surface area contributed by atoms with E-state index in [0.717, 1.165) is 5.46 Å². The molecule has 1 aromatic heterocycles. The van der Waals surface area contributed by atoms with Crippen LogP contribution in [-0.4, -0.2) is 35.8 Å². The lowest BCUT2D eigenvalue weighted by Gasteiger charge is -2.32. The van der Waals surface area contributed by atoms with Crippen LogP contribution in [0.2, 0.25) is 0 Å². The molecule has 0 unspecified atom stereocenters. The molecular formula is C20H25BN2O4. The number of hydrogen-bond donors (Lipinski definition) is 1. The summed E-state index contributed by atoms with van der Waals surface area (Å²) >= 11 is 0. The van der Waals surface area contributed by atoms with Gasteiger partial charge in [0.15, 0.2) is 0 Å². The van der Waals surface area contributed by atoms with E-state index in [0.29, 0.717) is 23.7 Å². The largest absolute Gasteiger partial charge is 0.494 e. The number of anilines is 1. The first-order chi connectivity index (χ1) is 12.7. The SMILES string of the molecule is CCOc1ccnc(NC(=O)c2ccc(B3OC(C)(C)C(C)(C)O3)cc2)c1. The minimum Gasteiger partial charge on any atom is -0.494 e. The van der Waals surface area contributed by atoms with Gasteiger partial charge >= 0.3 is 7.12 Å². The molecule has 1 aromatic carbocycles. The predicted molar refractivity (Wildman–Crippen MR) is 106 cm³/mol. The number of amides is 1. The zero-order chi connectivity index (χ0) is 19.7. The third kappa shape index (κ3) is 4.15. The summed E-state index contributed by atoms with van der Waals surface area (Å²) in [7, 11) is -0.448. The first-order valence-corrected chi connectivity index (χ1v) is 9.07. The molecule has 6 nitrogen and oxygen atoms in total. The monoisotopic (exact) mass is 368 g/mol. The molecule has 0 bridgehead atoms. The highest BCUT2D eigenvalue weighted by atomic mass is 16.7. The summed E-state index contributed by atoms with van der Waals surface area (Å²) < 4.78 is 17.5. The van der Waals surface area contributed by atoms with Gasteiger partial charge in [-0.15, -0.1) is 0 Å². The second-order valence-corrected chi connectivity index (χ2v) is 7.47. The van der Waals surface area contributed by atoms with Crippen molar-refractivity contribution < 1.29 is 18.8 Å². The molecule has 0 spiro atoms. The summed E-state index contributed by atoms with van der Waals surface area (Å²) in [5.74, 6) is 0.872. The third-order valence-electron chi connectivity index (χ3n) is 4.98. The van der Waals surface area contributed by atoms with Gasteiger partial charge in [-0.25, -0.2) is 4.98 Å². The number of carbonyl (C=O) groups is 1. The molecule has 1 aliphatic rings. The highest BCUT2D eigenvalue weighted by Gasteiger charge is 2.51. The number of pyridine rings is 1. The maximum Gasteiger partial charge on any atom is 0.494 e. The van der Waals surface area contributed by atoms with Crippen LogP contribution in [0.25, 0.3) is 0 Å². The quantitative estimate of drug-likeness (QED) is 0.822. The summed E-state index contributed by atoms with van der Waals surface area (Å²) in [6.07, 6.45) is 1.60. The summed E-state index contributed by atoms with van der Waals surface area (Å²) in [6.45, 7) is 10.5. The van der Waals surface area contributed by atoms with Gasteiger partial charge in [-0.2, -0.15) is 0 Å². The molecule has 1 fully saturated rings. The Hall–Kier alpha value is -2.38. The molecule has 1 amide bonds. The number of nitrogens with one attached hydrogen (secondary N) is 1. The summed E-state index contributed by atoms with van der Waals surface area (Å²) in [6, 6.07) is 10.6. The van der Waals surface area contributed by atoms with Crippen LogP contribution in [0.4, 0.5) is 5.82 Å². The van der Waals surface area contributed by atoms with Gasteiger partial charge in [-0.1, -0.05) is 12.1 Å². The van der Waals surface area contributed by atoms with Crippen LogP contribution in [0.1, 0.15) is 45.0 Å². The van der Waals surface area contributed by atoms with E-state index in [4.69, 9.17) is 14.0 Å². The summed E-state index contributed by atoms with van der Waals surface area (Å²) in [5, 5.41) is 2.78. The normalized spacial score (nSPS) is 17.6. The number of hydrogen-bond acceptors (Lipinski definition) is 5. The van der Waals surface area contributed by atoms with Crippen molar-refractivity contribution in [2.75, 3.05) is 11.9 Å². The second kappa shape index (κ2) is 7.33. The molecule has 0 saturated carbocycles. The molecule has 3 rings (SSSR count). The molecule has 1 aliphatic heterocycles. The molecule has 0 radical (unpaired) electrons. The Kier molecular flexibility index (Phi) is 5.26. The molecule has 142 valence electrons. The Morgan fingerprint density at radius 3 is 2.33 bits per heavy atom. The van der Waals surface area contributed by atoms with Gasteiger partial charge in [0.2, 0.25) is 0 Å². The standard InChI is InChI=1S/C20H25BN2O4/c1-6-25-16-11-12-22-17(13-16)23-18(24)14-7-9-15(10-8-14)21-26-19(2,3)20(4,5)27-21/h7-13H,6H2,1-5H3,(H,22,23,24). The van der Waals surface area contributed by atoms with Gasteiger partial charge in [0.25, 0.3) is 5.91 Å². The van der Waals surface area contributed by atoms with Crippen molar-refractivity contribution in [1.29, 1.82) is 0 Å². The minimum absolute atomic E-state index is 0.239. The van der Waals surface area contributed by atoms with E-state index in [1.165, 1.54) is 0 Å². The molecular weight excluding hydrogens is 343 g/mol. The number of carbonyl (C=O) groups excluding carboxylic acids is 1. The van der Waals surface area contributed by atoms with Crippen LogP contribution < -0.4 is 15.5 Å². The van der Waals surface area contributed by atoms with E-state index in [2.05, 4.69) is 10.3 Å². The molecule has 1 N–H and O–H groups in total. The van der Waals surface area contributed by atoms with Gasteiger partial charge in [-0.05, 0) is 58.3 Å². The van der Waals surface area contributed by atoms with E-state index >= 15 is 0 Å². The average molecular weight is 368 g/mol. The van der Waals surface area contributed by atoms with Crippen molar-refractivity contribution in [1.82, 2.24) is 4.98 Å². The Labute approximate surface area is 160 Å². The number of ether oxygens (including phenoxy) is 1. The zero-order valence-electron chi connectivity index (χ0n) is 16.4. The molecule has 2 aromatic rings. The maximum absolute atomic E-state index is 12.5. The smallest absolute Gasteiger partial charge is 0.494 e. The van der Waals surface area contributed by atoms with Crippen LogP contribution in [0.5, 0.6) is 5.75 Å². The third-order valence-corrected chi connectivity index (χ3v) is 4.98.